The van der Waals surface area contributed by atoms with Crippen LogP contribution < -0.4 is 0 Å². The smallest absolute Gasteiger partial charge is 0.255 e. The summed E-state index contributed by atoms with van der Waals surface area (Å²) in [6.07, 6.45) is 0. The van der Waals surface area contributed by atoms with Crippen molar-refractivity contribution in [3.05, 3.63) is 69.5 Å². The normalized spacial score (nSPS) is 14.2. The third-order valence-corrected chi connectivity index (χ3v) is 5.20. The second-order valence-electron chi connectivity index (χ2n) is 6.38. The first-order chi connectivity index (χ1) is 13.5. The van der Waals surface area contributed by atoms with E-state index in [-0.39, 0.29) is 35.6 Å². The van der Waals surface area contributed by atoms with Gasteiger partial charge in [-0.2, -0.15) is 0 Å². The standard InChI is InChI=1S/C20H19Cl2FN2O3/c21-17-4-2-1-3-14(17)12-28-13-19(26)24-7-9-25(10-8-24)20(27)16-6-5-15(23)11-18(16)22/h1-6,11H,7-10,12-13H2. The second kappa shape index (κ2) is 9.37. The number of nitrogens with zero attached hydrogens (tertiary/aromatic N) is 2. The molecule has 3 rings (SSSR count). The first kappa shape index (κ1) is 20.6. The van der Waals surface area contributed by atoms with Crippen molar-refractivity contribution in [3.63, 3.8) is 0 Å². The molecule has 0 radical (unpaired) electrons. The number of ether oxygens (including phenoxy) is 1. The van der Waals surface area contributed by atoms with E-state index >= 15 is 0 Å². The lowest BCUT2D eigenvalue weighted by Gasteiger charge is -2.35. The summed E-state index contributed by atoms with van der Waals surface area (Å²) in [6, 6.07) is 11.0. The van der Waals surface area contributed by atoms with Gasteiger partial charge in [0.05, 0.1) is 17.2 Å². The van der Waals surface area contributed by atoms with E-state index in [2.05, 4.69) is 0 Å². The molecule has 2 aromatic carbocycles. The quantitative estimate of drug-likeness (QED) is 0.735. The maximum absolute atomic E-state index is 13.2. The molecule has 8 heteroatoms. The summed E-state index contributed by atoms with van der Waals surface area (Å²) in [5, 5.41) is 0.679. The Bertz CT molecular complexity index is 870. The van der Waals surface area contributed by atoms with Crippen LogP contribution in [0.4, 0.5) is 4.39 Å². The van der Waals surface area contributed by atoms with Crippen molar-refractivity contribution in [1.82, 2.24) is 9.80 Å². The highest BCUT2D eigenvalue weighted by Crippen LogP contribution is 2.20. The predicted octanol–water partition coefficient (Wildman–Crippen LogP) is 3.63. The van der Waals surface area contributed by atoms with Gasteiger partial charge in [-0.25, -0.2) is 4.39 Å². The summed E-state index contributed by atoms with van der Waals surface area (Å²) >= 11 is 12.0. The summed E-state index contributed by atoms with van der Waals surface area (Å²) in [6.45, 7) is 1.76. The SMILES string of the molecule is O=C(COCc1ccccc1Cl)N1CCN(C(=O)c2ccc(F)cc2Cl)CC1. The molecule has 1 fully saturated rings. The van der Waals surface area contributed by atoms with Crippen LogP contribution in [0.5, 0.6) is 0 Å². The lowest BCUT2D eigenvalue weighted by molar-refractivity contribution is -0.138. The molecule has 1 heterocycles. The molecule has 148 valence electrons. The molecule has 1 aliphatic heterocycles. The third-order valence-electron chi connectivity index (χ3n) is 4.52. The maximum Gasteiger partial charge on any atom is 0.255 e. The number of rotatable bonds is 5. The third kappa shape index (κ3) is 5.01. The van der Waals surface area contributed by atoms with Gasteiger partial charge in [0.15, 0.2) is 0 Å². The Balaban J connectivity index is 1.47. The van der Waals surface area contributed by atoms with E-state index in [9.17, 15) is 14.0 Å². The van der Waals surface area contributed by atoms with Crippen molar-refractivity contribution in [2.45, 2.75) is 6.61 Å². The van der Waals surface area contributed by atoms with Crippen molar-refractivity contribution >= 4 is 35.0 Å². The summed E-state index contributed by atoms with van der Waals surface area (Å²) in [5.74, 6) is -0.903. The van der Waals surface area contributed by atoms with E-state index < -0.39 is 5.82 Å². The van der Waals surface area contributed by atoms with Crippen LogP contribution >= 0.6 is 23.2 Å². The summed E-state index contributed by atoms with van der Waals surface area (Å²) in [7, 11) is 0. The molecule has 5 nitrogen and oxygen atoms in total. The average Bonchev–Trinajstić information content (AvgIpc) is 2.69. The van der Waals surface area contributed by atoms with Crippen LogP contribution in [0.25, 0.3) is 0 Å². The highest BCUT2D eigenvalue weighted by molar-refractivity contribution is 6.33. The van der Waals surface area contributed by atoms with Gasteiger partial charge in [0.25, 0.3) is 5.91 Å². The minimum Gasteiger partial charge on any atom is -0.367 e. The van der Waals surface area contributed by atoms with Crippen LogP contribution in [-0.4, -0.2) is 54.4 Å². The lowest BCUT2D eigenvalue weighted by atomic mass is 10.1. The fourth-order valence-electron chi connectivity index (χ4n) is 2.95. The number of carbonyl (C=O) groups is 2. The van der Waals surface area contributed by atoms with Gasteiger partial charge >= 0.3 is 0 Å². The van der Waals surface area contributed by atoms with Crippen LogP contribution in [0.1, 0.15) is 15.9 Å². The summed E-state index contributed by atoms with van der Waals surface area (Å²) in [5.41, 5.74) is 1.08. The summed E-state index contributed by atoms with van der Waals surface area (Å²) < 4.78 is 18.6. The zero-order valence-corrected chi connectivity index (χ0v) is 16.5. The van der Waals surface area contributed by atoms with E-state index in [1.807, 2.05) is 18.2 Å². The predicted molar refractivity (Wildman–Crippen MR) is 105 cm³/mol. The van der Waals surface area contributed by atoms with Crippen molar-refractivity contribution in [3.8, 4) is 0 Å². The van der Waals surface area contributed by atoms with Gasteiger partial charge in [-0.1, -0.05) is 41.4 Å². The minimum atomic E-state index is -0.492. The molecule has 2 amide bonds. The first-order valence-corrected chi connectivity index (χ1v) is 9.54. The first-order valence-electron chi connectivity index (χ1n) is 8.79. The fourth-order valence-corrected chi connectivity index (χ4v) is 3.39. The molecule has 0 N–H and O–H groups in total. The molecule has 1 aliphatic rings. The molecule has 2 aromatic rings. The number of halogens is 3. The highest BCUT2D eigenvalue weighted by atomic mass is 35.5. The summed E-state index contributed by atoms with van der Waals surface area (Å²) in [4.78, 5) is 28.1. The number of piperazine rings is 1. The Labute approximate surface area is 172 Å². The van der Waals surface area contributed by atoms with Gasteiger partial charge in [0.2, 0.25) is 5.91 Å². The Hall–Kier alpha value is -2.15. The minimum absolute atomic E-state index is 0.0526. The molecule has 28 heavy (non-hydrogen) atoms. The largest absolute Gasteiger partial charge is 0.367 e. The van der Waals surface area contributed by atoms with E-state index in [1.54, 1.807) is 15.9 Å². The van der Waals surface area contributed by atoms with Crippen LogP contribution in [0, 0.1) is 5.82 Å². The van der Waals surface area contributed by atoms with Crippen molar-refractivity contribution in [2.75, 3.05) is 32.8 Å². The lowest BCUT2D eigenvalue weighted by Crippen LogP contribution is -2.51. The van der Waals surface area contributed by atoms with Crippen LogP contribution in [0.15, 0.2) is 42.5 Å². The van der Waals surface area contributed by atoms with Crippen LogP contribution in [0.3, 0.4) is 0 Å². The molecule has 0 aromatic heterocycles. The van der Waals surface area contributed by atoms with Gasteiger partial charge < -0.3 is 14.5 Å². The van der Waals surface area contributed by atoms with E-state index in [4.69, 9.17) is 27.9 Å². The second-order valence-corrected chi connectivity index (χ2v) is 7.20. The molecular weight excluding hydrogens is 406 g/mol. The molecule has 0 unspecified atom stereocenters. The van der Waals surface area contributed by atoms with Gasteiger partial charge in [-0.05, 0) is 29.8 Å². The maximum atomic E-state index is 13.2. The monoisotopic (exact) mass is 424 g/mol. The Morgan fingerprint density at radius 3 is 2.32 bits per heavy atom. The Morgan fingerprint density at radius 1 is 0.964 bits per heavy atom. The van der Waals surface area contributed by atoms with Crippen molar-refractivity contribution < 1.29 is 18.7 Å². The number of benzene rings is 2. The number of hydrogen-bond acceptors (Lipinski definition) is 3. The number of hydrogen-bond donors (Lipinski definition) is 0. The zero-order chi connectivity index (χ0) is 20.1. The van der Waals surface area contributed by atoms with Crippen molar-refractivity contribution in [1.29, 1.82) is 0 Å². The van der Waals surface area contributed by atoms with Gasteiger partial charge in [-0.15, -0.1) is 0 Å². The molecular formula is C20H19Cl2FN2O3. The van der Waals surface area contributed by atoms with E-state index in [1.165, 1.54) is 12.1 Å². The molecule has 0 aliphatic carbocycles. The molecule has 0 spiro atoms. The Kier molecular flexibility index (Phi) is 6.88. The van der Waals surface area contributed by atoms with E-state index in [0.29, 0.717) is 31.2 Å². The van der Waals surface area contributed by atoms with Gasteiger partial charge in [-0.3, -0.25) is 9.59 Å². The van der Waals surface area contributed by atoms with Gasteiger partial charge in [0.1, 0.15) is 12.4 Å². The van der Waals surface area contributed by atoms with Crippen LogP contribution in [-0.2, 0) is 16.1 Å². The molecule has 0 bridgehead atoms. The zero-order valence-electron chi connectivity index (χ0n) is 15.0. The van der Waals surface area contributed by atoms with E-state index in [0.717, 1.165) is 11.6 Å². The topological polar surface area (TPSA) is 49.9 Å². The Morgan fingerprint density at radius 2 is 1.64 bits per heavy atom. The van der Waals surface area contributed by atoms with Gasteiger partial charge in [0, 0.05) is 31.2 Å². The average molecular weight is 425 g/mol. The van der Waals surface area contributed by atoms with Crippen molar-refractivity contribution in [2.24, 2.45) is 0 Å². The molecule has 0 saturated carbocycles. The molecule has 1 saturated heterocycles. The molecule has 0 atom stereocenters. The highest BCUT2D eigenvalue weighted by Gasteiger charge is 2.26. The fraction of sp³-hybridized carbons (Fsp3) is 0.300. The number of amides is 2. The van der Waals surface area contributed by atoms with Crippen LogP contribution in [0.2, 0.25) is 10.0 Å². The number of carbonyl (C=O) groups excluding carboxylic acids is 2.